The first kappa shape index (κ1) is 12.3. The van der Waals surface area contributed by atoms with Crippen molar-refractivity contribution in [2.45, 2.75) is 0 Å². The summed E-state index contributed by atoms with van der Waals surface area (Å²) in [6.07, 6.45) is 3.88. The lowest BCUT2D eigenvalue weighted by Crippen LogP contribution is -2.11. The zero-order valence-corrected chi connectivity index (χ0v) is 10.4. The van der Waals surface area contributed by atoms with Crippen LogP contribution in [0.5, 0.6) is 0 Å². The quantitative estimate of drug-likeness (QED) is 0.820. The monoisotopic (exact) mass is 282 g/mol. The Morgan fingerprint density at radius 2 is 2.28 bits per heavy atom. The number of rotatable bonds is 4. The number of carbonyl (C=O) groups excluding carboxylic acids is 1. The van der Waals surface area contributed by atoms with Gasteiger partial charge >= 0.3 is 5.97 Å². The molecule has 2 rings (SSSR count). The van der Waals surface area contributed by atoms with Gasteiger partial charge in [0.25, 0.3) is 5.91 Å². The van der Waals surface area contributed by atoms with Crippen LogP contribution in [0.2, 0.25) is 0 Å². The van der Waals surface area contributed by atoms with Crippen LogP contribution in [-0.4, -0.2) is 31.6 Å². The zero-order valence-electron chi connectivity index (χ0n) is 8.73. The molecule has 7 nitrogen and oxygen atoms in total. The Bertz CT molecular complexity index is 591. The standard InChI is InChI=1S/C9H6N4O3S2/c14-7(15)2-1-5-3-10-9(18-5)11-8(16)6-4-17-13-12-6/h1-4H,(H,14,15)(H,10,11,16). The molecule has 0 atom stereocenters. The molecule has 1 amide bonds. The van der Waals surface area contributed by atoms with E-state index in [2.05, 4.69) is 19.9 Å². The van der Waals surface area contributed by atoms with E-state index in [-0.39, 0.29) is 5.69 Å². The fourth-order valence-electron chi connectivity index (χ4n) is 1.000. The molecule has 2 aromatic heterocycles. The van der Waals surface area contributed by atoms with E-state index in [0.29, 0.717) is 10.0 Å². The topological polar surface area (TPSA) is 105 Å². The summed E-state index contributed by atoms with van der Waals surface area (Å²) < 4.78 is 3.58. The smallest absolute Gasteiger partial charge is 0.328 e. The molecule has 0 unspecified atom stereocenters. The van der Waals surface area contributed by atoms with Crippen LogP contribution in [0.4, 0.5) is 5.13 Å². The maximum Gasteiger partial charge on any atom is 0.328 e. The third kappa shape index (κ3) is 3.18. The number of aliphatic carboxylic acids is 1. The third-order valence-electron chi connectivity index (χ3n) is 1.73. The van der Waals surface area contributed by atoms with Gasteiger partial charge in [-0.2, -0.15) is 0 Å². The van der Waals surface area contributed by atoms with Crippen molar-refractivity contribution in [2.75, 3.05) is 5.32 Å². The molecule has 2 N–H and O–H groups in total. The van der Waals surface area contributed by atoms with Gasteiger partial charge < -0.3 is 5.11 Å². The molecule has 0 aliphatic heterocycles. The number of nitrogens with one attached hydrogen (secondary N) is 1. The summed E-state index contributed by atoms with van der Waals surface area (Å²) in [5.74, 6) is -1.44. The highest BCUT2D eigenvalue weighted by molar-refractivity contribution is 7.16. The lowest BCUT2D eigenvalue weighted by atomic mass is 10.4. The predicted molar refractivity (Wildman–Crippen MR) is 66.6 cm³/mol. The van der Waals surface area contributed by atoms with Gasteiger partial charge in [-0.15, -0.1) is 5.10 Å². The van der Waals surface area contributed by atoms with Crippen molar-refractivity contribution in [3.63, 3.8) is 0 Å². The minimum atomic E-state index is -1.04. The summed E-state index contributed by atoms with van der Waals surface area (Å²) in [6, 6.07) is 0. The van der Waals surface area contributed by atoms with Gasteiger partial charge in [0.2, 0.25) is 0 Å². The molecule has 0 radical (unpaired) electrons. The minimum Gasteiger partial charge on any atom is -0.478 e. The van der Waals surface area contributed by atoms with E-state index in [9.17, 15) is 9.59 Å². The number of nitrogens with zero attached hydrogens (tertiary/aromatic N) is 3. The number of carbonyl (C=O) groups is 2. The van der Waals surface area contributed by atoms with Gasteiger partial charge in [-0.1, -0.05) is 15.8 Å². The van der Waals surface area contributed by atoms with Gasteiger partial charge in [-0.05, 0) is 17.6 Å². The minimum absolute atomic E-state index is 0.220. The highest BCUT2D eigenvalue weighted by Gasteiger charge is 2.10. The summed E-state index contributed by atoms with van der Waals surface area (Å²) in [7, 11) is 0. The zero-order chi connectivity index (χ0) is 13.0. The number of carboxylic acids is 1. The van der Waals surface area contributed by atoms with Crippen LogP contribution in [0.15, 0.2) is 17.7 Å². The summed E-state index contributed by atoms with van der Waals surface area (Å²) in [4.78, 5) is 26.5. The second kappa shape index (κ2) is 5.47. The molecule has 0 bridgehead atoms. The maximum absolute atomic E-state index is 11.6. The van der Waals surface area contributed by atoms with Crippen LogP contribution in [0.3, 0.4) is 0 Å². The Morgan fingerprint density at radius 3 is 2.94 bits per heavy atom. The van der Waals surface area contributed by atoms with Crippen LogP contribution in [0.25, 0.3) is 6.08 Å². The van der Waals surface area contributed by atoms with Gasteiger partial charge in [0.1, 0.15) is 0 Å². The molecule has 2 aromatic rings. The summed E-state index contributed by atoms with van der Waals surface area (Å²) in [6.45, 7) is 0. The SMILES string of the molecule is O=C(O)C=Cc1cnc(NC(=O)c2csnn2)s1. The van der Waals surface area contributed by atoms with Crippen molar-refractivity contribution in [3.8, 4) is 0 Å². The number of thiazole rings is 1. The first-order valence-corrected chi connectivity index (χ1v) is 6.25. The first-order chi connectivity index (χ1) is 8.65. The Labute approximate surface area is 109 Å². The van der Waals surface area contributed by atoms with Crippen molar-refractivity contribution in [3.05, 3.63) is 28.2 Å². The Hall–Kier alpha value is -2.13. The molecule has 0 aliphatic rings. The molecular formula is C9H6N4O3S2. The summed E-state index contributed by atoms with van der Waals surface area (Å²) in [5, 5.41) is 16.5. The molecule has 2 heterocycles. The van der Waals surface area contributed by atoms with Crippen molar-refractivity contribution in [2.24, 2.45) is 0 Å². The van der Waals surface area contributed by atoms with E-state index >= 15 is 0 Å². The van der Waals surface area contributed by atoms with Crippen LogP contribution >= 0.6 is 22.9 Å². The van der Waals surface area contributed by atoms with Crippen molar-refractivity contribution < 1.29 is 14.7 Å². The van der Waals surface area contributed by atoms with Crippen LogP contribution in [0, 0.1) is 0 Å². The maximum atomic E-state index is 11.6. The van der Waals surface area contributed by atoms with E-state index in [1.165, 1.54) is 17.7 Å². The van der Waals surface area contributed by atoms with Crippen LogP contribution < -0.4 is 5.32 Å². The highest BCUT2D eigenvalue weighted by Crippen LogP contribution is 2.19. The van der Waals surface area contributed by atoms with Crippen LogP contribution in [-0.2, 0) is 4.79 Å². The van der Waals surface area contributed by atoms with Crippen molar-refractivity contribution >= 4 is 46.0 Å². The molecule has 0 aromatic carbocycles. The van der Waals surface area contributed by atoms with E-state index in [1.54, 1.807) is 0 Å². The first-order valence-electron chi connectivity index (χ1n) is 4.60. The lowest BCUT2D eigenvalue weighted by molar-refractivity contribution is -0.131. The van der Waals surface area contributed by atoms with Crippen molar-refractivity contribution in [1.29, 1.82) is 0 Å². The third-order valence-corrected chi connectivity index (χ3v) is 3.11. The van der Waals surface area contributed by atoms with Gasteiger partial charge in [-0.25, -0.2) is 9.78 Å². The van der Waals surface area contributed by atoms with E-state index < -0.39 is 11.9 Å². The number of amides is 1. The van der Waals surface area contributed by atoms with Gasteiger partial charge in [0.15, 0.2) is 10.8 Å². The molecule has 0 saturated carbocycles. The number of anilines is 1. The second-order valence-electron chi connectivity index (χ2n) is 2.98. The van der Waals surface area contributed by atoms with Gasteiger partial charge in [-0.3, -0.25) is 10.1 Å². The molecule has 0 spiro atoms. The summed E-state index contributed by atoms with van der Waals surface area (Å²) in [5.41, 5.74) is 0.220. The highest BCUT2D eigenvalue weighted by atomic mass is 32.1. The summed E-state index contributed by atoms with van der Waals surface area (Å²) >= 11 is 2.24. The van der Waals surface area contributed by atoms with Crippen molar-refractivity contribution in [1.82, 2.24) is 14.6 Å². The lowest BCUT2D eigenvalue weighted by Gasteiger charge is -1.95. The molecule has 0 saturated heterocycles. The molecule has 9 heteroatoms. The average molecular weight is 282 g/mol. The van der Waals surface area contributed by atoms with E-state index in [1.807, 2.05) is 0 Å². The molecular weight excluding hydrogens is 276 g/mol. The number of aromatic nitrogens is 3. The predicted octanol–water partition coefficient (Wildman–Crippen LogP) is 1.34. The fraction of sp³-hybridized carbons (Fsp3) is 0. The average Bonchev–Trinajstić information content (AvgIpc) is 2.97. The Balaban J connectivity index is 2.03. The normalized spacial score (nSPS) is 10.7. The van der Waals surface area contributed by atoms with Crippen LogP contribution in [0.1, 0.15) is 15.4 Å². The Morgan fingerprint density at radius 1 is 1.44 bits per heavy atom. The molecule has 0 aliphatic carbocycles. The fourth-order valence-corrected chi connectivity index (χ4v) is 2.15. The van der Waals surface area contributed by atoms with Gasteiger partial charge in [0.05, 0.1) is 0 Å². The van der Waals surface area contributed by atoms with Gasteiger partial charge in [0, 0.05) is 22.5 Å². The molecule has 0 fully saturated rings. The largest absolute Gasteiger partial charge is 0.478 e. The molecule has 18 heavy (non-hydrogen) atoms. The number of carboxylic acid groups (broad SMARTS) is 1. The Kier molecular flexibility index (Phi) is 3.75. The second-order valence-corrected chi connectivity index (χ2v) is 4.66. The number of hydrogen-bond donors (Lipinski definition) is 2. The molecule has 92 valence electrons. The number of hydrogen-bond acceptors (Lipinski definition) is 7. The van der Waals surface area contributed by atoms with E-state index in [0.717, 1.165) is 28.9 Å². The van der Waals surface area contributed by atoms with E-state index in [4.69, 9.17) is 5.11 Å².